The lowest BCUT2D eigenvalue weighted by Gasteiger charge is -2.28. The van der Waals surface area contributed by atoms with Crippen LogP contribution in [0.2, 0.25) is 0 Å². The van der Waals surface area contributed by atoms with E-state index in [1.54, 1.807) is 0 Å². The van der Waals surface area contributed by atoms with Gasteiger partial charge in [0.25, 0.3) is 0 Å². The predicted octanol–water partition coefficient (Wildman–Crippen LogP) is 3.95. The van der Waals surface area contributed by atoms with Crippen LogP contribution in [-0.2, 0) is 0 Å². The van der Waals surface area contributed by atoms with E-state index in [0.717, 1.165) is 32.6 Å². The second kappa shape index (κ2) is 11.2. The van der Waals surface area contributed by atoms with Crippen LogP contribution in [-0.4, -0.2) is 49.1 Å². The van der Waals surface area contributed by atoms with E-state index in [4.69, 9.17) is 0 Å². The van der Waals surface area contributed by atoms with Crippen LogP contribution in [0.1, 0.15) is 47.0 Å². The summed E-state index contributed by atoms with van der Waals surface area (Å²) in [5.74, 6) is 0. The van der Waals surface area contributed by atoms with Gasteiger partial charge in [0.05, 0.1) is 0 Å². The first kappa shape index (κ1) is 18.4. The molecule has 0 aromatic heterocycles. The van der Waals surface area contributed by atoms with Crippen molar-refractivity contribution in [1.82, 2.24) is 9.80 Å². The molecule has 0 bridgehead atoms. The highest BCUT2D eigenvalue weighted by molar-refractivity contribution is 4.96. The van der Waals surface area contributed by atoms with Crippen LogP contribution in [0.5, 0.6) is 0 Å². The summed E-state index contributed by atoms with van der Waals surface area (Å²) in [6.07, 6.45) is 3.51. The van der Waals surface area contributed by atoms with Gasteiger partial charge in [-0.3, -0.25) is 9.80 Å². The van der Waals surface area contributed by atoms with Gasteiger partial charge in [-0.25, -0.2) is 0 Å². The van der Waals surface area contributed by atoms with Gasteiger partial charge in [0, 0.05) is 26.2 Å². The molecule has 0 heterocycles. The molecule has 0 aromatic rings. The van der Waals surface area contributed by atoms with Crippen molar-refractivity contribution >= 4 is 0 Å². The number of hydrogen-bond acceptors (Lipinski definition) is 2. The summed E-state index contributed by atoms with van der Waals surface area (Å²) in [5.41, 5.74) is 2.60. The summed E-state index contributed by atoms with van der Waals surface area (Å²) in [6, 6.07) is 0. The monoisotopic (exact) mass is 266 g/mol. The van der Waals surface area contributed by atoms with Crippen LogP contribution in [0, 0.1) is 0 Å². The molecule has 0 aliphatic heterocycles. The zero-order valence-electron chi connectivity index (χ0n) is 13.7. The number of hydrogen-bond donors (Lipinski definition) is 0. The highest BCUT2D eigenvalue weighted by atomic mass is 15.2. The fourth-order valence-electron chi connectivity index (χ4n) is 2.26. The van der Waals surface area contributed by atoms with Crippen LogP contribution in [0.4, 0.5) is 0 Å². The maximum atomic E-state index is 4.14. The summed E-state index contributed by atoms with van der Waals surface area (Å²) in [7, 11) is 0. The standard InChI is InChI=1S/C17H34N2/c1-7-10-18(14-16(4)5)12-13-19(11-8-2)15-17(6)9-3/h4,6-15H2,1-3,5H3. The maximum Gasteiger partial charge on any atom is 0.0190 e. The van der Waals surface area contributed by atoms with Gasteiger partial charge in [-0.15, -0.1) is 0 Å². The molecule has 0 radical (unpaired) electrons. The summed E-state index contributed by atoms with van der Waals surface area (Å²) in [6.45, 7) is 23.7. The van der Waals surface area contributed by atoms with Crippen LogP contribution < -0.4 is 0 Å². The Balaban J connectivity index is 4.23. The van der Waals surface area contributed by atoms with Crippen LogP contribution in [0.25, 0.3) is 0 Å². The first-order chi connectivity index (χ1) is 9.03. The second-order valence-electron chi connectivity index (χ2n) is 5.61. The van der Waals surface area contributed by atoms with E-state index in [9.17, 15) is 0 Å². The molecule has 0 rings (SSSR count). The molecule has 0 saturated carbocycles. The Labute approximate surface area is 121 Å². The molecule has 0 aromatic carbocycles. The van der Waals surface area contributed by atoms with Gasteiger partial charge in [-0.1, -0.05) is 45.1 Å². The van der Waals surface area contributed by atoms with Gasteiger partial charge >= 0.3 is 0 Å². The predicted molar refractivity (Wildman–Crippen MR) is 87.7 cm³/mol. The quantitative estimate of drug-likeness (QED) is 0.493. The topological polar surface area (TPSA) is 6.48 Å². The highest BCUT2D eigenvalue weighted by Crippen LogP contribution is 2.04. The molecule has 2 heteroatoms. The summed E-state index contributed by atoms with van der Waals surface area (Å²) in [5, 5.41) is 0. The fourth-order valence-corrected chi connectivity index (χ4v) is 2.26. The summed E-state index contributed by atoms with van der Waals surface area (Å²) < 4.78 is 0. The smallest absolute Gasteiger partial charge is 0.0190 e. The summed E-state index contributed by atoms with van der Waals surface area (Å²) >= 11 is 0. The van der Waals surface area contributed by atoms with Crippen LogP contribution in [0.3, 0.4) is 0 Å². The minimum atomic E-state index is 1.03. The molecule has 0 aliphatic rings. The zero-order chi connectivity index (χ0) is 14.7. The van der Waals surface area contributed by atoms with Crippen molar-refractivity contribution in [2.45, 2.75) is 47.0 Å². The molecule has 2 nitrogen and oxygen atoms in total. The Kier molecular flexibility index (Phi) is 10.9. The molecular weight excluding hydrogens is 232 g/mol. The molecule has 0 aliphatic carbocycles. The van der Waals surface area contributed by atoms with Crippen LogP contribution >= 0.6 is 0 Å². The van der Waals surface area contributed by atoms with Gasteiger partial charge in [0.1, 0.15) is 0 Å². The molecule has 112 valence electrons. The van der Waals surface area contributed by atoms with Crippen molar-refractivity contribution in [2.24, 2.45) is 0 Å². The third-order valence-corrected chi connectivity index (χ3v) is 3.25. The van der Waals surface area contributed by atoms with E-state index in [2.05, 4.69) is 50.7 Å². The van der Waals surface area contributed by atoms with E-state index in [0.29, 0.717) is 0 Å². The highest BCUT2D eigenvalue weighted by Gasteiger charge is 2.09. The first-order valence-electron chi connectivity index (χ1n) is 7.79. The molecule has 0 saturated heterocycles. The van der Waals surface area contributed by atoms with Crippen molar-refractivity contribution in [2.75, 3.05) is 39.3 Å². The minimum absolute atomic E-state index is 1.03. The normalized spacial score (nSPS) is 11.3. The Morgan fingerprint density at radius 3 is 1.63 bits per heavy atom. The van der Waals surface area contributed by atoms with E-state index in [1.165, 1.54) is 37.1 Å². The zero-order valence-corrected chi connectivity index (χ0v) is 13.7. The molecule has 0 N–H and O–H groups in total. The van der Waals surface area contributed by atoms with Gasteiger partial charge < -0.3 is 0 Å². The van der Waals surface area contributed by atoms with Gasteiger partial charge in [0.15, 0.2) is 0 Å². The fraction of sp³-hybridized carbons (Fsp3) is 0.765. The largest absolute Gasteiger partial charge is 0.298 e. The van der Waals surface area contributed by atoms with E-state index < -0.39 is 0 Å². The Hall–Kier alpha value is -0.600. The Bertz CT molecular complexity index is 258. The lowest BCUT2D eigenvalue weighted by Crippen LogP contribution is -2.37. The molecule has 0 amide bonds. The minimum Gasteiger partial charge on any atom is -0.298 e. The average molecular weight is 266 g/mol. The van der Waals surface area contributed by atoms with Crippen molar-refractivity contribution in [1.29, 1.82) is 0 Å². The SMILES string of the molecule is C=C(C)CN(CCC)CCN(CCC)CC(=C)CC. The molecule has 0 fully saturated rings. The Morgan fingerprint density at radius 2 is 1.26 bits per heavy atom. The van der Waals surface area contributed by atoms with Crippen molar-refractivity contribution in [3.05, 3.63) is 24.3 Å². The molecular formula is C17H34N2. The third kappa shape index (κ3) is 9.92. The van der Waals surface area contributed by atoms with Crippen molar-refractivity contribution in [3.8, 4) is 0 Å². The molecule has 0 atom stereocenters. The Morgan fingerprint density at radius 1 is 0.789 bits per heavy atom. The lowest BCUT2D eigenvalue weighted by molar-refractivity contribution is 0.221. The van der Waals surface area contributed by atoms with E-state index in [-0.39, 0.29) is 0 Å². The van der Waals surface area contributed by atoms with E-state index in [1.807, 2.05) is 0 Å². The second-order valence-corrected chi connectivity index (χ2v) is 5.61. The van der Waals surface area contributed by atoms with Crippen molar-refractivity contribution < 1.29 is 0 Å². The third-order valence-electron chi connectivity index (χ3n) is 3.25. The van der Waals surface area contributed by atoms with E-state index >= 15 is 0 Å². The molecule has 0 spiro atoms. The average Bonchev–Trinajstić information content (AvgIpc) is 2.35. The van der Waals surface area contributed by atoms with Gasteiger partial charge in [-0.05, 0) is 39.3 Å². The van der Waals surface area contributed by atoms with Crippen LogP contribution in [0.15, 0.2) is 24.3 Å². The van der Waals surface area contributed by atoms with Gasteiger partial charge in [0.2, 0.25) is 0 Å². The molecule has 19 heavy (non-hydrogen) atoms. The molecule has 0 unspecified atom stereocenters. The maximum absolute atomic E-state index is 4.14. The van der Waals surface area contributed by atoms with Crippen molar-refractivity contribution in [3.63, 3.8) is 0 Å². The number of rotatable bonds is 12. The summed E-state index contributed by atoms with van der Waals surface area (Å²) in [4.78, 5) is 5.05. The first-order valence-corrected chi connectivity index (χ1v) is 7.79. The number of nitrogens with zero attached hydrogens (tertiary/aromatic N) is 2. The lowest BCUT2D eigenvalue weighted by atomic mass is 10.2. The van der Waals surface area contributed by atoms with Gasteiger partial charge in [-0.2, -0.15) is 0 Å².